The molecule has 0 atom stereocenters. The molecule has 0 unspecified atom stereocenters. The molecule has 0 amide bonds. The van der Waals surface area contributed by atoms with E-state index in [4.69, 9.17) is 4.74 Å². The first-order valence-electron chi connectivity index (χ1n) is 9.02. The second-order valence-corrected chi connectivity index (χ2v) is 9.61. The molecule has 27 heavy (non-hydrogen) atoms. The van der Waals surface area contributed by atoms with Crippen LogP contribution in [0.3, 0.4) is 0 Å². The summed E-state index contributed by atoms with van der Waals surface area (Å²) in [4.78, 5) is 2.70. The summed E-state index contributed by atoms with van der Waals surface area (Å²) in [6.45, 7) is 5.31. The van der Waals surface area contributed by atoms with E-state index in [-0.39, 0.29) is 0 Å². The molecular weight excluding hydrogens is 428 g/mol. The second-order valence-electron chi connectivity index (χ2n) is 6.79. The number of sulfonamides is 1. The Morgan fingerprint density at radius 3 is 2.48 bits per heavy atom. The number of nitrogens with zero attached hydrogens (tertiary/aromatic N) is 2. The van der Waals surface area contributed by atoms with Crippen molar-refractivity contribution in [1.29, 1.82) is 0 Å². The number of methoxy groups -OCH3 is 1. The van der Waals surface area contributed by atoms with E-state index in [1.54, 1.807) is 17.5 Å². The SMILES string of the molecule is COc1ccc(CN2CCCN(S(=O)(=O)c3cc(Br)ccc3C)CC2)cc1. The van der Waals surface area contributed by atoms with Gasteiger partial charge in [-0.25, -0.2) is 8.42 Å². The van der Waals surface area contributed by atoms with Crippen LogP contribution in [0.2, 0.25) is 0 Å². The molecule has 146 valence electrons. The zero-order chi connectivity index (χ0) is 19.4. The van der Waals surface area contributed by atoms with Gasteiger partial charge in [-0.15, -0.1) is 0 Å². The third kappa shape index (κ3) is 4.90. The zero-order valence-electron chi connectivity index (χ0n) is 15.7. The summed E-state index contributed by atoms with van der Waals surface area (Å²) in [6.07, 6.45) is 0.822. The summed E-state index contributed by atoms with van der Waals surface area (Å²) < 4.78 is 33.8. The van der Waals surface area contributed by atoms with Crippen molar-refractivity contribution in [3.63, 3.8) is 0 Å². The zero-order valence-corrected chi connectivity index (χ0v) is 18.1. The Bertz CT molecular complexity index is 885. The first kappa shape index (κ1) is 20.3. The number of halogens is 1. The fourth-order valence-electron chi connectivity index (χ4n) is 3.33. The highest BCUT2D eigenvalue weighted by atomic mass is 79.9. The van der Waals surface area contributed by atoms with Crippen LogP contribution in [0.25, 0.3) is 0 Å². The summed E-state index contributed by atoms with van der Waals surface area (Å²) in [6, 6.07) is 13.4. The number of aryl methyl sites for hydroxylation is 1. The van der Waals surface area contributed by atoms with E-state index in [1.165, 1.54) is 5.56 Å². The Balaban J connectivity index is 1.69. The molecule has 0 aromatic heterocycles. The number of ether oxygens (including phenoxy) is 1. The number of hydrogen-bond acceptors (Lipinski definition) is 4. The van der Waals surface area contributed by atoms with E-state index in [0.717, 1.165) is 41.8 Å². The van der Waals surface area contributed by atoms with Gasteiger partial charge in [0.15, 0.2) is 0 Å². The third-order valence-electron chi connectivity index (χ3n) is 4.88. The predicted octanol–water partition coefficient (Wildman–Crippen LogP) is 3.66. The second kappa shape index (κ2) is 8.73. The van der Waals surface area contributed by atoms with Gasteiger partial charge >= 0.3 is 0 Å². The molecule has 2 aromatic rings. The number of rotatable bonds is 5. The molecule has 5 nitrogen and oxygen atoms in total. The van der Waals surface area contributed by atoms with Crippen LogP contribution in [-0.2, 0) is 16.6 Å². The summed E-state index contributed by atoms with van der Waals surface area (Å²) in [5, 5.41) is 0. The van der Waals surface area contributed by atoms with Crippen molar-refractivity contribution in [2.75, 3.05) is 33.3 Å². The molecule has 7 heteroatoms. The summed E-state index contributed by atoms with van der Waals surface area (Å²) >= 11 is 3.38. The molecule has 0 radical (unpaired) electrons. The van der Waals surface area contributed by atoms with Crippen LogP contribution >= 0.6 is 15.9 Å². The highest BCUT2D eigenvalue weighted by molar-refractivity contribution is 9.10. The van der Waals surface area contributed by atoms with E-state index in [1.807, 2.05) is 31.2 Å². The maximum absolute atomic E-state index is 13.1. The van der Waals surface area contributed by atoms with Crippen molar-refractivity contribution in [2.45, 2.75) is 24.8 Å². The summed E-state index contributed by atoms with van der Waals surface area (Å²) in [5.74, 6) is 0.844. The molecular formula is C20H25BrN2O3S. The van der Waals surface area contributed by atoms with E-state index in [2.05, 4.69) is 33.0 Å². The van der Waals surface area contributed by atoms with Crippen molar-refractivity contribution >= 4 is 26.0 Å². The fourth-order valence-corrected chi connectivity index (χ4v) is 5.56. The predicted molar refractivity (Wildman–Crippen MR) is 111 cm³/mol. The number of benzene rings is 2. The van der Waals surface area contributed by atoms with Crippen LogP contribution in [-0.4, -0.2) is 50.9 Å². The maximum atomic E-state index is 13.1. The average Bonchev–Trinajstić information content (AvgIpc) is 2.90. The minimum Gasteiger partial charge on any atom is -0.497 e. The fraction of sp³-hybridized carbons (Fsp3) is 0.400. The van der Waals surface area contributed by atoms with Crippen LogP contribution in [0, 0.1) is 6.92 Å². The molecule has 1 fully saturated rings. The lowest BCUT2D eigenvalue weighted by molar-refractivity contribution is 0.278. The lowest BCUT2D eigenvalue weighted by atomic mass is 10.2. The normalized spacial score (nSPS) is 16.9. The highest BCUT2D eigenvalue weighted by Crippen LogP contribution is 2.25. The summed E-state index contributed by atoms with van der Waals surface area (Å²) in [7, 11) is -1.83. The molecule has 0 aliphatic carbocycles. The van der Waals surface area contributed by atoms with Gasteiger partial charge in [-0.1, -0.05) is 34.1 Å². The van der Waals surface area contributed by atoms with E-state index in [9.17, 15) is 8.42 Å². The van der Waals surface area contributed by atoms with Gasteiger partial charge < -0.3 is 4.74 Å². The minimum absolute atomic E-state index is 0.389. The minimum atomic E-state index is -3.48. The smallest absolute Gasteiger partial charge is 0.243 e. The topological polar surface area (TPSA) is 49.9 Å². The van der Waals surface area contributed by atoms with Gasteiger partial charge in [0.1, 0.15) is 5.75 Å². The van der Waals surface area contributed by atoms with Crippen molar-refractivity contribution in [3.05, 3.63) is 58.1 Å². The van der Waals surface area contributed by atoms with Crippen LogP contribution in [0.4, 0.5) is 0 Å². The van der Waals surface area contributed by atoms with Gasteiger partial charge in [0.25, 0.3) is 0 Å². The molecule has 0 saturated carbocycles. The first-order chi connectivity index (χ1) is 12.9. The molecule has 0 spiro atoms. The molecule has 1 heterocycles. The Kier molecular flexibility index (Phi) is 6.57. The van der Waals surface area contributed by atoms with Crippen molar-refractivity contribution in [3.8, 4) is 5.75 Å². The lowest BCUT2D eigenvalue weighted by Gasteiger charge is -2.22. The van der Waals surface area contributed by atoms with Crippen molar-refractivity contribution in [1.82, 2.24) is 9.21 Å². The first-order valence-corrected chi connectivity index (χ1v) is 11.2. The highest BCUT2D eigenvalue weighted by Gasteiger charge is 2.28. The molecule has 1 saturated heterocycles. The van der Waals surface area contributed by atoms with Crippen LogP contribution in [0.15, 0.2) is 51.8 Å². The molecule has 3 rings (SSSR count). The van der Waals surface area contributed by atoms with Gasteiger partial charge in [0, 0.05) is 30.7 Å². The van der Waals surface area contributed by atoms with Crippen molar-refractivity contribution < 1.29 is 13.2 Å². The Morgan fingerprint density at radius 1 is 1.04 bits per heavy atom. The Labute approximate surface area is 170 Å². The van der Waals surface area contributed by atoms with Crippen molar-refractivity contribution in [2.24, 2.45) is 0 Å². The third-order valence-corrected chi connectivity index (χ3v) is 7.41. The van der Waals surface area contributed by atoms with E-state index in [0.29, 0.717) is 18.0 Å². The van der Waals surface area contributed by atoms with Crippen LogP contribution in [0.5, 0.6) is 5.75 Å². The van der Waals surface area contributed by atoms with Gasteiger partial charge in [-0.3, -0.25) is 4.90 Å². The van der Waals surface area contributed by atoms with Gasteiger partial charge in [-0.05, 0) is 55.3 Å². The van der Waals surface area contributed by atoms with Gasteiger partial charge in [-0.2, -0.15) is 4.31 Å². The monoisotopic (exact) mass is 452 g/mol. The molecule has 2 aromatic carbocycles. The van der Waals surface area contributed by atoms with E-state index < -0.39 is 10.0 Å². The Hall–Kier alpha value is -1.41. The van der Waals surface area contributed by atoms with Crippen LogP contribution in [0.1, 0.15) is 17.5 Å². The lowest BCUT2D eigenvalue weighted by Crippen LogP contribution is -2.35. The largest absolute Gasteiger partial charge is 0.497 e. The molecule has 1 aliphatic rings. The quantitative estimate of drug-likeness (QED) is 0.694. The Morgan fingerprint density at radius 2 is 1.78 bits per heavy atom. The average molecular weight is 453 g/mol. The van der Waals surface area contributed by atoms with Gasteiger partial charge in [0.05, 0.1) is 12.0 Å². The molecule has 0 N–H and O–H groups in total. The maximum Gasteiger partial charge on any atom is 0.243 e. The summed E-state index contributed by atoms with van der Waals surface area (Å²) in [5.41, 5.74) is 1.98. The molecule has 1 aliphatic heterocycles. The standard InChI is InChI=1S/C20H25BrN2O3S/c1-16-4-7-18(21)14-20(16)27(24,25)23-11-3-10-22(12-13-23)15-17-5-8-19(26-2)9-6-17/h4-9,14H,3,10-13,15H2,1-2H3. The number of hydrogen-bond donors (Lipinski definition) is 0. The van der Waals surface area contributed by atoms with Crippen LogP contribution < -0.4 is 4.74 Å². The van der Waals surface area contributed by atoms with E-state index >= 15 is 0 Å². The molecule has 0 bridgehead atoms. The van der Waals surface area contributed by atoms with Gasteiger partial charge in [0.2, 0.25) is 10.0 Å².